The van der Waals surface area contributed by atoms with Crippen molar-refractivity contribution >= 4 is 65.0 Å². The molecule has 5 nitrogen and oxygen atoms in total. The van der Waals surface area contributed by atoms with Gasteiger partial charge in [-0.05, 0) is 79.2 Å². The minimum atomic E-state index is 0.625. The highest BCUT2D eigenvalue weighted by Crippen LogP contribution is 2.42. The fraction of sp³-hybridized carbons (Fsp3) is 0. The molecule has 0 aliphatic carbocycles. The Kier molecular flexibility index (Phi) is 6.48. The molecule has 8 aromatic carbocycles. The van der Waals surface area contributed by atoms with Gasteiger partial charge in [-0.2, -0.15) is 0 Å². The summed E-state index contributed by atoms with van der Waals surface area (Å²) in [5, 5.41) is 11.4. The van der Waals surface area contributed by atoms with Gasteiger partial charge in [0.15, 0.2) is 17.5 Å². The van der Waals surface area contributed by atoms with Crippen LogP contribution in [0.3, 0.4) is 0 Å². The van der Waals surface area contributed by atoms with Crippen molar-refractivity contribution in [2.75, 3.05) is 0 Å². The van der Waals surface area contributed by atoms with Crippen molar-refractivity contribution in [3.8, 4) is 45.3 Å². The first kappa shape index (κ1) is 29.5. The lowest BCUT2D eigenvalue weighted by molar-refractivity contribution is 0.669. The van der Waals surface area contributed by atoms with E-state index in [1.807, 2.05) is 60.9 Å². The zero-order valence-corrected chi connectivity index (χ0v) is 28.4. The molecule has 0 unspecified atom stereocenters. The number of para-hydroxylation sites is 1. The van der Waals surface area contributed by atoms with Gasteiger partial charge in [0.25, 0.3) is 0 Å². The van der Waals surface area contributed by atoms with Gasteiger partial charge in [-0.15, -0.1) is 0 Å². The van der Waals surface area contributed by atoms with E-state index in [0.717, 1.165) is 76.7 Å². The van der Waals surface area contributed by atoms with Crippen molar-refractivity contribution in [1.82, 2.24) is 19.9 Å². The second kappa shape index (κ2) is 11.7. The van der Waals surface area contributed by atoms with Gasteiger partial charge in [0.2, 0.25) is 0 Å². The molecular formula is C48H28N4O. The smallest absolute Gasteiger partial charge is 0.164 e. The average Bonchev–Trinajstić information content (AvgIpc) is 3.62. The van der Waals surface area contributed by atoms with Crippen molar-refractivity contribution in [3.05, 3.63) is 170 Å². The third kappa shape index (κ3) is 4.71. The standard InChI is InChI=1S/C48H28N4O/c1-2-9-30(10-3-1)46-50-47(31-18-17-29-19-21-36-33-25-26-49-28-32(33)20-22-38(36)42(29)27-31)52-48(51-46)40-24-23-37(34-11-4-5-12-35(34)40)39-14-8-16-44-45(39)41-13-6-7-15-43(41)53-44/h1-28H. The molecule has 0 bridgehead atoms. The molecule has 0 atom stereocenters. The van der Waals surface area contributed by atoms with E-state index in [9.17, 15) is 0 Å². The van der Waals surface area contributed by atoms with E-state index in [2.05, 4.69) is 114 Å². The van der Waals surface area contributed by atoms with Gasteiger partial charge in [-0.25, -0.2) is 15.0 Å². The van der Waals surface area contributed by atoms with Crippen LogP contribution in [0.5, 0.6) is 0 Å². The molecule has 0 aliphatic heterocycles. The highest BCUT2D eigenvalue weighted by Gasteiger charge is 2.19. The zero-order chi connectivity index (χ0) is 34.9. The van der Waals surface area contributed by atoms with Gasteiger partial charge in [-0.1, -0.05) is 127 Å². The minimum absolute atomic E-state index is 0.625. The van der Waals surface area contributed by atoms with Gasteiger partial charge < -0.3 is 4.42 Å². The fourth-order valence-electron chi connectivity index (χ4n) is 7.92. The first-order valence-electron chi connectivity index (χ1n) is 17.7. The van der Waals surface area contributed by atoms with Gasteiger partial charge in [-0.3, -0.25) is 4.98 Å². The monoisotopic (exact) mass is 676 g/mol. The molecule has 53 heavy (non-hydrogen) atoms. The Hall–Kier alpha value is -7.24. The van der Waals surface area contributed by atoms with Crippen LogP contribution in [0.2, 0.25) is 0 Å². The number of hydrogen-bond donors (Lipinski definition) is 0. The predicted octanol–water partition coefficient (Wildman–Crippen LogP) is 12.4. The van der Waals surface area contributed by atoms with Crippen molar-refractivity contribution in [1.29, 1.82) is 0 Å². The van der Waals surface area contributed by atoms with Crippen LogP contribution in [0.15, 0.2) is 175 Å². The lowest BCUT2D eigenvalue weighted by Gasteiger charge is -2.14. The molecule has 0 saturated heterocycles. The third-order valence-electron chi connectivity index (χ3n) is 10.4. The Morgan fingerprint density at radius 3 is 1.89 bits per heavy atom. The molecule has 5 heteroatoms. The lowest BCUT2D eigenvalue weighted by atomic mass is 9.92. The molecule has 3 aromatic heterocycles. The van der Waals surface area contributed by atoms with Gasteiger partial charge in [0, 0.05) is 45.2 Å². The Morgan fingerprint density at radius 2 is 1.02 bits per heavy atom. The third-order valence-corrected chi connectivity index (χ3v) is 10.4. The lowest BCUT2D eigenvalue weighted by Crippen LogP contribution is -2.01. The van der Waals surface area contributed by atoms with Crippen LogP contribution in [-0.2, 0) is 0 Å². The average molecular weight is 677 g/mol. The largest absolute Gasteiger partial charge is 0.456 e. The number of benzene rings is 8. The summed E-state index contributed by atoms with van der Waals surface area (Å²) in [6.45, 7) is 0. The quantitative estimate of drug-likeness (QED) is 0.174. The van der Waals surface area contributed by atoms with Gasteiger partial charge in [0.1, 0.15) is 11.2 Å². The minimum Gasteiger partial charge on any atom is -0.456 e. The van der Waals surface area contributed by atoms with Crippen molar-refractivity contribution in [3.63, 3.8) is 0 Å². The number of nitrogens with zero attached hydrogens (tertiary/aromatic N) is 4. The van der Waals surface area contributed by atoms with Gasteiger partial charge in [0.05, 0.1) is 0 Å². The van der Waals surface area contributed by atoms with Crippen LogP contribution >= 0.6 is 0 Å². The molecular weight excluding hydrogens is 649 g/mol. The van der Waals surface area contributed by atoms with Crippen molar-refractivity contribution < 1.29 is 4.42 Å². The van der Waals surface area contributed by atoms with Crippen LogP contribution < -0.4 is 0 Å². The van der Waals surface area contributed by atoms with Crippen LogP contribution in [0.4, 0.5) is 0 Å². The maximum Gasteiger partial charge on any atom is 0.164 e. The highest BCUT2D eigenvalue weighted by atomic mass is 16.3. The SMILES string of the molecule is c1ccc(-c2nc(-c3ccc4ccc5c6ccncc6ccc5c4c3)nc(-c3ccc(-c4cccc5oc6ccccc6c45)c4ccccc34)n2)cc1. The Morgan fingerprint density at radius 1 is 0.358 bits per heavy atom. The second-order valence-corrected chi connectivity index (χ2v) is 13.4. The molecule has 0 radical (unpaired) electrons. The highest BCUT2D eigenvalue weighted by molar-refractivity contribution is 6.18. The fourth-order valence-corrected chi connectivity index (χ4v) is 7.92. The normalized spacial score (nSPS) is 11.8. The Bertz CT molecular complexity index is 3240. The Labute approximate surface area is 303 Å². The first-order chi connectivity index (χ1) is 26.3. The van der Waals surface area contributed by atoms with Crippen molar-refractivity contribution in [2.45, 2.75) is 0 Å². The number of rotatable bonds is 4. The summed E-state index contributed by atoms with van der Waals surface area (Å²) in [4.78, 5) is 19.8. The maximum absolute atomic E-state index is 6.27. The molecule has 246 valence electrons. The summed E-state index contributed by atoms with van der Waals surface area (Å²) in [7, 11) is 0. The molecule has 0 amide bonds. The number of fused-ring (bicyclic) bond motifs is 9. The summed E-state index contributed by atoms with van der Waals surface area (Å²) >= 11 is 0. The molecule has 11 rings (SSSR count). The summed E-state index contributed by atoms with van der Waals surface area (Å²) in [5.41, 5.74) is 6.82. The first-order valence-corrected chi connectivity index (χ1v) is 17.7. The summed E-state index contributed by atoms with van der Waals surface area (Å²) in [5.74, 6) is 1.88. The summed E-state index contributed by atoms with van der Waals surface area (Å²) in [6.07, 6.45) is 3.78. The van der Waals surface area contributed by atoms with Crippen LogP contribution in [-0.4, -0.2) is 19.9 Å². The van der Waals surface area contributed by atoms with E-state index >= 15 is 0 Å². The molecule has 0 saturated carbocycles. The molecule has 0 fully saturated rings. The molecule has 11 aromatic rings. The van der Waals surface area contributed by atoms with E-state index in [0.29, 0.717) is 17.5 Å². The molecule has 0 aliphatic rings. The molecule has 0 N–H and O–H groups in total. The topological polar surface area (TPSA) is 64.7 Å². The van der Waals surface area contributed by atoms with E-state index < -0.39 is 0 Å². The summed E-state index contributed by atoms with van der Waals surface area (Å²) in [6, 6.07) is 54.9. The van der Waals surface area contributed by atoms with Crippen LogP contribution in [0.1, 0.15) is 0 Å². The number of aromatic nitrogens is 4. The molecule has 0 spiro atoms. The summed E-state index contributed by atoms with van der Waals surface area (Å²) < 4.78 is 6.27. The van der Waals surface area contributed by atoms with Crippen LogP contribution in [0.25, 0.3) is 110 Å². The number of furan rings is 1. The van der Waals surface area contributed by atoms with Crippen LogP contribution in [0, 0.1) is 0 Å². The number of hydrogen-bond acceptors (Lipinski definition) is 5. The molecule has 3 heterocycles. The predicted molar refractivity (Wildman–Crippen MR) is 217 cm³/mol. The van der Waals surface area contributed by atoms with E-state index in [-0.39, 0.29) is 0 Å². The second-order valence-electron chi connectivity index (χ2n) is 13.4. The Balaban J connectivity index is 1.13. The zero-order valence-electron chi connectivity index (χ0n) is 28.4. The van der Waals surface area contributed by atoms with E-state index in [4.69, 9.17) is 19.4 Å². The maximum atomic E-state index is 6.27. The van der Waals surface area contributed by atoms with E-state index in [1.54, 1.807) is 0 Å². The number of pyridine rings is 1. The van der Waals surface area contributed by atoms with E-state index in [1.165, 1.54) is 16.2 Å². The van der Waals surface area contributed by atoms with Gasteiger partial charge >= 0.3 is 0 Å². The van der Waals surface area contributed by atoms with Crippen molar-refractivity contribution in [2.24, 2.45) is 0 Å².